The molecule has 1 saturated heterocycles. The Kier molecular flexibility index (Phi) is 4.80. The Morgan fingerprint density at radius 2 is 2.13 bits per heavy atom. The first-order valence-corrected chi connectivity index (χ1v) is 7.69. The molecule has 1 aromatic carbocycles. The number of nitrogens with zero attached hydrogens (tertiary/aromatic N) is 1. The number of halogens is 1. The van der Waals surface area contributed by atoms with Crippen molar-refractivity contribution < 1.29 is 18.3 Å². The lowest BCUT2D eigenvalue weighted by molar-refractivity contribution is 0.0419. The third-order valence-electron chi connectivity index (χ3n) is 3.72. The van der Waals surface area contributed by atoms with Crippen molar-refractivity contribution in [3.8, 4) is 5.75 Å². The number of hydrogen-bond acceptors (Lipinski definition) is 3. The number of amides is 2. The lowest BCUT2D eigenvalue weighted by atomic mass is 10.2. The lowest BCUT2D eigenvalue weighted by Gasteiger charge is -2.38. The SMILES string of the molecule is O=C(NCCCc1ccco1)N1CC(Oc2ccccc2F)C1. The number of para-hydroxylation sites is 1. The molecular formula is C17H19FN2O3. The van der Waals surface area contributed by atoms with Crippen molar-refractivity contribution in [1.29, 1.82) is 0 Å². The molecule has 5 nitrogen and oxygen atoms in total. The molecule has 0 bridgehead atoms. The van der Waals surface area contributed by atoms with Gasteiger partial charge >= 0.3 is 6.03 Å². The summed E-state index contributed by atoms with van der Waals surface area (Å²) < 4.78 is 24.2. The second kappa shape index (κ2) is 7.17. The third-order valence-corrected chi connectivity index (χ3v) is 3.72. The van der Waals surface area contributed by atoms with Gasteiger partial charge in [0.05, 0.1) is 19.4 Å². The molecule has 0 unspecified atom stereocenters. The maximum atomic E-state index is 13.5. The van der Waals surface area contributed by atoms with Crippen molar-refractivity contribution >= 4 is 6.03 Å². The van der Waals surface area contributed by atoms with Crippen molar-refractivity contribution in [2.75, 3.05) is 19.6 Å². The first-order chi connectivity index (χ1) is 11.2. The quantitative estimate of drug-likeness (QED) is 0.833. The van der Waals surface area contributed by atoms with Crippen LogP contribution in [0.5, 0.6) is 5.75 Å². The molecule has 0 aliphatic carbocycles. The van der Waals surface area contributed by atoms with Gasteiger partial charge in [-0.25, -0.2) is 9.18 Å². The number of benzene rings is 1. The largest absolute Gasteiger partial charge is 0.484 e. The number of rotatable bonds is 6. The van der Waals surface area contributed by atoms with E-state index >= 15 is 0 Å². The molecule has 0 atom stereocenters. The summed E-state index contributed by atoms with van der Waals surface area (Å²) in [6.45, 7) is 1.53. The number of furan rings is 1. The van der Waals surface area contributed by atoms with Gasteiger partial charge in [-0.3, -0.25) is 0 Å². The average molecular weight is 318 g/mol. The van der Waals surface area contributed by atoms with Gasteiger partial charge in [0.15, 0.2) is 11.6 Å². The highest BCUT2D eigenvalue weighted by atomic mass is 19.1. The monoisotopic (exact) mass is 318 g/mol. The molecule has 122 valence electrons. The summed E-state index contributed by atoms with van der Waals surface area (Å²) in [4.78, 5) is 13.6. The summed E-state index contributed by atoms with van der Waals surface area (Å²) in [5, 5.41) is 2.86. The van der Waals surface area contributed by atoms with E-state index in [1.807, 2.05) is 12.1 Å². The van der Waals surface area contributed by atoms with Crippen LogP contribution in [-0.4, -0.2) is 36.7 Å². The van der Waals surface area contributed by atoms with Gasteiger partial charge in [-0.05, 0) is 30.7 Å². The van der Waals surface area contributed by atoms with Crippen LogP contribution in [0.3, 0.4) is 0 Å². The summed E-state index contributed by atoms with van der Waals surface area (Å²) in [6.07, 6.45) is 3.11. The predicted molar refractivity (Wildman–Crippen MR) is 82.8 cm³/mol. The van der Waals surface area contributed by atoms with E-state index in [1.54, 1.807) is 29.4 Å². The van der Waals surface area contributed by atoms with Crippen molar-refractivity contribution in [1.82, 2.24) is 10.2 Å². The van der Waals surface area contributed by atoms with Gasteiger partial charge in [-0.2, -0.15) is 0 Å². The summed E-state index contributed by atoms with van der Waals surface area (Å²) in [6, 6.07) is 9.94. The molecule has 1 aliphatic heterocycles. The van der Waals surface area contributed by atoms with Crippen molar-refractivity contribution in [2.45, 2.75) is 18.9 Å². The number of ether oxygens (including phenoxy) is 1. The van der Waals surface area contributed by atoms with Crippen molar-refractivity contribution in [2.24, 2.45) is 0 Å². The fourth-order valence-electron chi connectivity index (χ4n) is 2.42. The molecule has 0 radical (unpaired) electrons. The Hall–Kier alpha value is -2.50. The van der Waals surface area contributed by atoms with E-state index < -0.39 is 0 Å². The zero-order chi connectivity index (χ0) is 16.1. The summed E-state index contributed by atoms with van der Waals surface area (Å²) in [5.74, 6) is 0.769. The molecule has 1 N–H and O–H groups in total. The summed E-state index contributed by atoms with van der Waals surface area (Å²) in [7, 11) is 0. The van der Waals surface area contributed by atoms with Crippen LogP contribution >= 0.6 is 0 Å². The molecule has 3 rings (SSSR count). The van der Waals surface area contributed by atoms with E-state index in [2.05, 4.69) is 5.32 Å². The third kappa shape index (κ3) is 4.03. The minimum absolute atomic E-state index is 0.113. The number of nitrogens with one attached hydrogen (secondary N) is 1. The zero-order valence-electron chi connectivity index (χ0n) is 12.7. The smallest absolute Gasteiger partial charge is 0.317 e. The second-order valence-corrected chi connectivity index (χ2v) is 5.49. The number of hydrogen-bond donors (Lipinski definition) is 1. The number of aryl methyl sites for hydroxylation is 1. The Bertz CT molecular complexity index is 639. The standard InChI is InChI=1S/C17H19FN2O3/c18-15-7-1-2-8-16(15)23-14-11-20(12-14)17(21)19-9-3-5-13-6-4-10-22-13/h1-2,4,6-8,10,14H,3,5,9,11-12H2,(H,19,21). The molecule has 2 aromatic rings. The highest BCUT2D eigenvalue weighted by Gasteiger charge is 2.32. The Morgan fingerprint density at radius 1 is 1.30 bits per heavy atom. The van der Waals surface area contributed by atoms with E-state index in [1.165, 1.54) is 6.07 Å². The Labute approximate surface area is 134 Å². The van der Waals surface area contributed by atoms with Crippen molar-refractivity contribution in [3.05, 3.63) is 54.2 Å². The van der Waals surface area contributed by atoms with Gasteiger partial charge < -0.3 is 19.4 Å². The first kappa shape index (κ1) is 15.4. The minimum atomic E-state index is -0.381. The van der Waals surface area contributed by atoms with Gasteiger partial charge in [0.2, 0.25) is 0 Å². The van der Waals surface area contributed by atoms with Crippen LogP contribution < -0.4 is 10.1 Å². The number of likely N-dealkylation sites (tertiary alicyclic amines) is 1. The number of carbonyl (C=O) groups excluding carboxylic acids is 1. The molecule has 1 fully saturated rings. The van der Waals surface area contributed by atoms with Crippen LogP contribution in [0.1, 0.15) is 12.2 Å². The van der Waals surface area contributed by atoms with Gasteiger partial charge in [-0.15, -0.1) is 0 Å². The van der Waals surface area contributed by atoms with Gasteiger partial charge in [0.25, 0.3) is 0 Å². The highest BCUT2D eigenvalue weighted by Crippen LogP contribution is 2.21. The van der Waals surface area contributed by atoms with E-state index in [-0.39, 0.29) is 23.7 Å². The average Bonchev–Trinajstić information content (AvgIpc) is 3.02. The summed E-state index contributed by atoms with van der Waals surface area (Å²) in [5.41, 5.74) is 0. The molecule has 23 heavy (non-hydrogen) atoms. The Morgan fingerprint density at radius 3 is 2.87 bits per heavy atom. The zero-order valence-corrected chi connectivity index (χ0v) is 12.7. The highest BCUT2D eigenvalue weighted by molar-refractivity contribution is 5.75. The molecule has 0 spiro atoms. The predicted octanol–water partition coefficient (Wildman–Crippen LogP) is 2.82. The fourth-order valence-corrected chi connectivity index (χ4v) is 2.42. The first-order valence-electron chi connectivity index (χ1n) is 7.69. The van der Waals surface area contributed by atoms with Crippen LogP contribution in [0, 0.1) is 5.82 Å². The van der Waals surface area contributed by atoms with E-state index in [0.29, 0.717) is 19.6 Å². The molecule has 2 heterocycles. The number of urea groups is 1. The van der Waals surface area contributed by atoms with Crippen LogP contribution in [0.15, 0.2) is 47.1 Å². The normalized spacial score (nSPS) is 14.4. The summed E-state index contributed by atoms with van der Waals surface area (Å²) >= 11 is 0. The van der Waals surface area contributed by atoms with Gasteiger partial charge in [-0.1, -0.05) is 12.1 Å². The van der Waals surface area contributed by atoms with Crippen LogP contribution in [0.2, 0.25) is 0 Å². The fraction of sp³-hybridized carbons (Fsp3) is 0.353. The van der Waals surface area contributed by atoms with Gasteiger partial charge in [0, 0.05) is 13.0 Å². The molecule has 6 heteroatoms. The second-order valence-electron chi connectivity index (χ2n) is 5.49. The molecular weight excluding hydrogens is 299 g/mol. The molecule has 1 aromatic heterocycles. The van der Waals surface area contributed by atoms with E-state index in [4.69, 9.17) is 9.15 Å². The van der Waals surface area contributed by atoms with E-state index in [0.717, 1.165) is 18.6 Å². The molecule has 2 amide bonds. The van der Waals surface area contributed by atoms with Crippen LogP contribution in [0.4, 0.5) is 9.18 Å². The van der Waals surface area contributed by atoms with E-state index in [9.17, 15) is 9.18 Å². The van der Waals surface area contributed by atoms with Crippen LogP contribution in [-0.2, 0) is 6.42 Å². The van der Waals surface area contributed by atoms with Gasteiger partial charge in [0.1, 0.15) is 11.9 Å². The maximum absolute atomic E-state index is 13.5. The maximum Gasteiger partial charge on any atom is 0.317 e. The Balaban J connectivity index is 1.33. The topological polar surface area (TPSA) is 54.7 Å². The van der Waals surface area contributed by atoms with Crippen LogP contribution in [0.25, 0.3) is 0 Å². The lowest BCUT2D eigenvalue weighted by Crippen LogP contribution is -2.59. The molecule has 1 aliphatic rings. The minimum Gasteiger partial charge on any atom is -0.484 e. The van der Waals surface area contributed by atoms with Crippen molar-refractivity contribution in [3.63, 3.8) is 0 Å². The number of carbonyl (C=O) groups is 1. The molecule has 0 saturated carbocycles.